The lowest BCUT2D eigenvalue weighted by molar-refractivity contribution is -0.128. The average molecular weight is 648 g/mol. The van der Waals surface area contributed by atoms with Crippen LogP contribution in [0, 0.1) is 0 Å². The lowest BCUT2D eigenvalue weighted by Gasteiger charge is -2.27. The first kappa shape index (κ1) is 29.9. The van der Waals surface area contributed by atoms with Gasteiger partial charge in [-0.1, -0.05) is 42.5 Å². The molecule has 1 aliphatic rings. The third-order valence-corrected chi connectivity index (χ3v) is 9.58. The molecule has 3 amide bonds. The lowest BCUT2D eigenvalue weighted by atomic mass is 10.0. The van der Waals surface area contributed by atoms with Crippen LogP contribution < -0.4 is 21.3 Å². The molecule has 1 aliphatic heterocycles. The van der Waals surface area contributed by atoms with E-state index in [2.05, 4.69) is 38.7 Å². The number of benzene rings is 3. The zero-order valence-electron chi connectivity index (χ0n) is 24.0. The molecule has 218 valence electrons. The first-order valence-electron chi connectivity index (χ1n) is 14.1. The second-order valence-corrected chi connectivity index (χ2v) is 13.2. The first-order chi connectivity index (χ1) is 20.1. The highest BCUT2D eigenvalue weighted by molar-refractivity contribution is 9.10. The normalized spacial score (nSPS) is 15.3. The predicted molar refractivity (Wildman–Crippen MR) is 174 cm³/mol. The third kappa shape index (κ3) is 6.43. The molecule has 4 aromatic rings. The summed E-state index contributed by atoms with van der Waals surface area (Å²) in [4.78, 5) is 42.2. The fraction of sp³-hybridized carbons (Fsp3) is 0.303. The van der Waals surface area contributed by atoms with Crippen LogP contribution in [0.4, 0.5) is 5.69 Å². The van der Waals surface area contributed by atoms with Crippen LogP contribution in [0.3, 0.4) is 0 Å². The summed E-state index contributed by atoms with van der Waals surface area (Å²) >= 11 is 5.44. The molecule has 0 saturated carbocycles. The highest BCUT2D eigenvalue weighted by Crippen LogP contribution is 2.44. The number of anilines is 1. The van der Waals surface area contributed by atoms with Gasteiger partial charge in [-0.3, -0.25) is 14.4 Å². The number of carbonyl (C=O) groups is 3. The SMILES string of the molecule is CCNC(=O)c1ccccc1-c1sc2ccc(CN3C(=O)[C@H](NC(=O)CC(C)(C)N)CCc4ccccc43)cc2c1Br. The van der Waals surface area contributed by atoms with Crippen LogP contribution in [-0.2, 0) is 22.6 Å². The number of nitrogens with two attached hydrogens (primary N) is 1. The number of carbonyl (C=O) groups excluding carboxylic acids is 3. The van der Waals surface area contributed by atoms with Gasteiger partial charge in [-0.25, -0.2) is 0 Å². The van der Waals surface area contributed by atoms with Crippen molar-refractivity contribution in [3.8, 4) is 10.4 Å². The second kappa shape index (κ2) is 12.4. The Bertz CT molecular complexity index is 1660. The van der Waals surface area contributed by atoms with Gasteiger partial charge in [0.2, 0.25) is 11.8 Å². The number of rotatable bonds is 8. The summed E-state index contributed by atoms with van der Waals surface area (Å²) in [6.45, 7) is 6.41. The molecular formula is C33H35BrN4O3S. The van der Waals surface area contributed by atoms with Gasteiger partial charge in [0.05, 0.1) is 11.4 Å². The van der Waals surface area contributed by atoms with Crippen molar-refractivity contribution in [3.63, 3.8) is 0 Å². The Balaban J connectivity index is 1.48. The number of nitrogens with zero attached hydrogens (tertiary/aromatic N) is 1. The van der Waals surface area contributed by atoms with Crippen molar-refractivity contribution in [1.82, 2.24) is 10.6 Å². The number of thiophene rings is 1. The summed E-state index contributed by atoms with van der Waals surface area (Å²) in [5.74, 6) is -0.465. The molecule has 0 spiro atoms. The van der Waals surface area contributed by atoms with Crippen molar-refractivity contribution in [2.24, 2.45) is 5.73 Å². The van der Waals surface area contributed by atoms with Crippen molar-refractivity contribution in [2.45, 2.75) is 58.2 Å². The van der Waals surface area contributed by atoms with Gasteiger partial charge in [0.25, 0.3) is 5.91 Å². The predicted octanol–water partition coefficient (Wildman–Crippen LogP) is 6.17. The highest BCUT2D eigenvalue weighted by Gasteiger charge is 2.32. The molecule has 0 saturated heterocycles. The summed E-state index contributed by atoms with van der Waals surface area (Å²) in [6.07, 6.45) is 1.34. The molecule has 0 radical (unpaired) electrons. The minimum absolute atomic E-state index is 0.104. The number of amides is 3. The maximum absolute atomic E-state index is 13.9. The average Bonchev–Trinajstić information content (AvgIpc) is 3.22. The molecule has 3 aromatic carbocycles. The smallest absolute Gasteiger partial charge is 0.251 e. The molecule has 5 rings (SSSR count). The minimum Gasteiger partial charge on any atom is -0.352 e. The number of hydrogen-bond donors (Lipinski definition) is 3. The molecule has 0 aliphatic carbocycles. The molecule has 1 atom stereocenters. The van der Waals surface area contributed by atoms with E-state index in [1.807, 2.05) is 61.5 Å². The summed E-state index contributed by atoms with van der Waals surface area (Å²) in [5.41, 5.74) is 9.79. The van der Waals surface area contributed by atoms with Gasteiger partial charge in [0, 0.05) is 49.9 Å². The van der Waals surface area contributed by atoms with Crippen LogP contribution in [0.1, 0.15) is 55.1 Å². The molecule has 0 bridgehead atoms. The lowest BCUT2D eigenvalue weighted by Crippen LogP contribution is -2.49. The number of para-hydroxylation sites is 1. The molecule has 7 nitrogen and oxygen atoms in total. The fourth-order valence-corrected chi connectivity index (χ4v) is 7.41. The molecule has 2 heterocycles. The van der Waals surface area contributed by atoms with Gasteiger partial charge in [0.15, 0.2) is 0 Å². The van der Waals surface area contributed by atoms with E-state index in [0.29, 0.717) is 31.5 Å². The van der Waals surface area contributed by atoms with Crippen LogP contribution in [0.5, 0.6) is 0 Å². The van der Waals surface area contributed by atoms with Crippen LogP contribution in [-0.4, -0.2) is 35.8 Å². The van der Waals surface area contributed by atoms with Crippen molar-refractivity contribution in [1.29, 1.82) is 0 Å². The topological polar surface area (TPSA) is 105 Å². The van der Waals surface area contributed by atoms with Gasteiger partial charge < -0.3 is 21.3 Å². The van der Waals surface area contributed by atoms with Crippen molar-refractivity contribution < 1.29 is 14.4 Å². The molecule has 42 heavy (non-hydrogen) atoms. The van der Waals surface area contributed by atoms with Crippen molar-refractivity contribution in [2.75, 3.05) is 11.4 Å². The summed E-state index contributed by atoms with van der Waals surface area (Å²) in [6, 6.07) is 21.1. The van der Waals surface area contributed by atoms with E-state index in [9.17, 15) is 14.4 Å². The van der Waals surface area contributed by atoms with E-state index < -0.39 is 11.6 Å². The van der Waals surface area contributed by atoms with E-state index in [0.717, 1.165) is 41.8 Å². The highest BCUT2D eigenvalue weighted by atomic mass is 79.9. The Morgan fingerprint density at radius 2 is 1.83 bits per heavy atom. The van der Waals surface area contributed by atoms with E-state index in [-0.39, 0.29) is 24.1 Å². The Labute approximate surface area is 258 Å². The van der Waals surface area contributed by atoms with Crippen LogP contribution in [0.25, 0.3) is 20.5 Å². The van der Waals surface area contributed by atoms with E-state index in [4.69, 9.17) is 5.73 Å². The fourth-order valence-electron chi connectivity index (χ4n) is 5.38. The zero-order valence-corrected chi connectivity index (χ0v) is 26.4. The summed E-state index contributed by atoms with van der Waals surface area (Å²) < 4.78 is 1.99. The number of aryl methyl sites for hydroxylation is 1. The molecule has 0 unspecified atom stereocenters. The van der Waals surface area contributed by atoms with Crippen molar-refractivity contribution in [3.05, 3.63) is 87.9 Å². The monoisotopic (exact) mass is 646 g/mol. The molecular weight excluding hydrogens is 612 g/mol. The summed E-state index contributed by atoms with van der Waals surface area (Å²) in [7, 11) is 0. The van der Waals surface area contributed by atoms with Crippen LogP contribution >= 0.6 is 27.3 Å². The van der Waals surface area contributed by atoms with E-state index in [1.54, 1.807) is 30.1 Å². The molecule has 9 heteroatoms. The minimum atomic E-state index is -0.664. The van der Waals surface area contributed by atoms with Gasteiger partial charge >= 0.3 is 0 Å². The number of halogens is 1. The maximum Gasteiger partial charge on any atom is 0.251 e. The van der Waals surface area contributed by atoms with E-state index in [1.165, 1.54) is 0 Å². The van der Waals surface area contributed by atoms with Crippen LogP contribution in [0.15, 0.2) is 71.2 Å². The standard InChI is InChI=1S/C33H35BrN4O3S/c1-4-36-31(40)23-11-7-6-10-22(23)30-29(34)24-17-20(13-16-27(24)42-30)19-38-26-12-8-5-9-21(26)14-15-25(32(38)41)37-28(39)18-33(2,3)35/h5-13,16-17,25H,4,14-15,18-19,35H2,1-3H3,(H,36,40)(H,37,39)/t25-/m1/s1. The summed E-state index contributed by atoms with van der Waals surface area (Å²) in [5, 5.41) is 6.87. The Hall–Kier alpha value is -3.53. The number of fused-ring (bicyclic) bond motifs is 2. The van der Waals surface area contributed by atoms with Gasteiger partial charge in [0.1, 0.15) is 6.04 Å². The number of nitrogens with one attached hydrogen (secondary N) is 2. The van der Waals surface area contributed by atoms with Gasteiger partial charge in [-0.05, 0) is 84.9 Å². The molecule has 0 fully saturated rings. The Morgan fingerprint density at radius 3 is 2.60 bits per heavy atom. The zero-order chi connectivity index (χ0) is 30.0. The van der Waals surface area contributed by atoms with E-state index >= 15 is 0 Å². The third-order valence-electron chi connectivity index (χ3n) is 7.29. The first-order valence-corrected chi connectivity index (χ1v) is 15.7. The Kier molecular flexibility index (Phi) is 8.82. The Morgan fingerprint density at radius 1 is 1.10 bits per heavy atom. The quantitative estimate of drug-likeness (QED) is 0.213. The van der Waals surface area contributed by atoms with Crippen LogP contribution in [0.2, 0.25) is 0 Å². The maximum atomic E-state index is 13.9. The van der Waals surface area contributed by atoms with Gasteiger partial charge in [-0.15, -0.1) is 11.3 Å². The van der Waals surface area contributed by atoms with Gasteiger partial charge in [-0.2, -0.15) is 0 Å². The second-order valence-electron chi connectivity index (χ2n) is 11.4. The number of hydrogen-bond acceptors (Lipinski definition) is 5. The van der Waals surface area contributed by atoms with Crippen molar-refractivity contribution >= 4 is 60.8 Å². The largest absolute Gasteiger partial charge is 0.352 e. The molecule has 4 N–H and O–H groups in total. The molecule has 1 aromatic heterocycles.